The summed E-state index contributed by atoms with van der Waals surface area (Å²) in [6.07, 6.45) is 0.668. The Morgan fingerprint density at radius 3 is 2.20 bits per heavy atom. The number of ether oxygens (including phenoxy) is 3. The molecule has 45 heavy (non-hydrogen) atoms. The van der Waals surface area contributed by atoms with Crippen molar-refractivity contribution in [1.29, 1.82) is 0 Å². The van der Waals surface area contributed by atoms with Crippen LogP contribution < -0.4 is 9.47 Å². The molecule has 0 aliphatic carbocycles. The average Bonchev–Trinajstić information content (AvgIpc) is 3.60. The topological polar surface area (TPSA) is 108 Å². The number of halogens is 2. The summed E-state index contributed by atoms with van der Waals surface area (Å²) in [5.41, 5.74) is 5.74. The van der Waals surface area contributed by atoms with E-state index < -0.39 is 23.4 Å². The van der Waals surface area contributed by atoms with Crippen LogP contribution in [-0.2, 0) is 21.7 Å². The van der Waals surface area contributed by atoms with E-state index in [9.17, 15) is 23.5 Å². The fraction of sp³-hybridized carbons (Fsp3) is 0.176. The van der Waals surface area contributed by atoms with Gasteiger partial charge in [-0.2, -0.15) is 8.75 Å². The molecular weight excluding hydrogens is 602 g/mol. The second-order valence-electron chi connectivity index (χ2n) is 10.3. The normalized spacial score (nSPS) is 15.8. The van der Waals surface area contributed by atoms with Gasteiger partial charge in [0.05, 0.1) is 31.5 Å². The number of rotatable bonds is 7. The first-order valence-corrected chi connectivity index (χ1v) is 14.4. The lowest BCUT2D eigenvalue weighted by Gasteiger charge is -2.26. The van der Waals surface area contributed by atoms with Crippen molar-refractivity contribution in [2.24, 2.45) is 0 Å². The van der Waals surface area contributed by atoms with Gasteiger partial charge in [-0.15, -0.1) is 0 Å². The van der Waals surface area contributed by atoms with Crippen molar-refractivity contribution < 1.29 is 37.7 Å². The molecule has 5 aromatic rings. The smallest absolute Gasteiger partial charge is 0.342 e. The zero-order valence-electron chi connectivity index (χ0n) is 24.8. The molecule has 6 rings (SSSR count). The van der Waals surface area contributed by atoms with Crippen LogP contribution in [0.4, 0.5) is 8.78 Å². The minimum atomic E-state index is -2.00. The minimum Gasteiger partial charge on any atom is -0.494 e. The molecule has 2 heterocycles. The summed E-state index contributed by atoms with van der Waals surface area (Å²) in [7, 11) is 2.77. The number of esters is 1. The predicted octanol–water partition coefficient (Wildman–Crippen LogP) is 6.50. The highest BCUT2D eigenvalue weighted by Gasteiger charge is 2.48. The Balaban J connectivity index is 0.000000309. The zero-order valence-corrected chi connectivity index (χ0v) is 25.6. The maximum Gasteiger partial charge on any atom is 0.342 e. The van der Waals surface area contributed by atoms with E-state index in [1.54, 1.807) is 36.4 Å². The molecule has 0 fully saturated rings. The van der Waals surface area contributed by atoms with E-state index in [2.05, 4.69) is 13.5 Å². The summed E-state index contributed by atoms with van der Waals surface area (Å²) in [4.78, 5) is 23.3. The van der Waals surface area contributed by atoms with Gasteiger partial charge < -0.3 is 19.3 Å². The van der Waals surface area contributed by atoms with Gasteiger partial charge in [-0.05, 0) is 84.6 Å². The van der Waals surface area contributed by atoms with E-state index in [0.29, 0.717) is 45.1 Å². The lowest BCUT2D eigenvalue weighted by Crippen LogP contribution is -2.30. The average molecular weight is 631 g/mol. The van der Waals surface area contributed by atoms with Gasteiger partial charge >= 0.3 is 5.97 Å². The third-order valence-corrected chi connectivity index (χ3v) is 8.06. The van der Waals surface area contributed by atoms with Crippen molar-refractivity contribution in [3.05, 3.63) is 123 Å². The minimum absolute atomic E-state index is 0.0821. The molecule has 0 spiro atoms. The van der Waals surface area contributed by atoms with Gasteiger partial charge in [0, 0.05) is 23.1 Å². The van der Waals surface area contributed by atoms with Crippen molar-refractivity contribution in [2.45, 2.75) is 26.1 Å². The molecule has 0 bridgehead atoms. The monoisotopic (exact) mass is 630 g/mol. The number of cyclic esters (lactones) is 1. The maximum absolute atomic E-state index is 14.5. The number of carbonyl (C=O) groups excluding carboxylic acids is 2. The molecule has 1 unspecified atom stereocenters. The van der Waals surface area contributed by atoms with Crippen LogP contribution in [-0.4, -0.2) is 40.3 Å². The molecule has 0 amide bonds. The highest BCUT2D eigenvalue weighted by Crippen LogP contribution is 2.45. The zero-order chi connectivity index (χ0) is 32.3. The number of fused-ring (bicyclic) bond motifs is 1. The molecule has 8 nitrogen and oxygen atoms in total. The first kappa shape index (κ1) is 31.4. The molecule has 1 aliphatic heterocycles. The van der Waals surface area contributed by atoms with Crippen LogP contribution in [0, 0.1) is 25.5 Å². The van der Waals surface area contributed by atoms with E-state index >= 15 is 0 Å². The van der Waals surface area contributed by atoms with Gasteiger partial charge in [-0.25, -0.2) is 13.6 Å². The second kappa shape index (κ2) is 12.9. The van der Waals surface area contributed by atoms with Gasteiger partial charge in [0.1, 0.15) is 17.3 Å². The van der Waals surface area contributed by atoms with Crippen molar-refractivity contribution in [3.63, 3.8) is 0 Å². The molecule has 0 saturated carbocycles. The summed E-state index contributed by atoms with van der Waals surface area (Å²) in [6.45, 7) is 3.88. The van der Waals surface area contributed by atoms with E-state index in [1.165, 1.54) is 38.5 Å². The lowest BCUT2D eigenvalue weighted by molar-refractivity contribution is -0.185. The Labute approximate surface area is 261 Å². The Morgan fingerprint density at radius 1 is 0.867 bits per heavy atom. The van der Waals surface area contributed by atoms with Crippen LogP contribution in [0.25, 0.3) is 16.6 Å². The fourth-order valence-electron chi connectivity index (χ4n) is 4.94. The number of nitrogens with zero attached hydrogens (tertiary/aromatic N) is 2. The molecule has 1 N–H and O–H groups in total. The van der Waals surface area contributed by atoms with E-state index in [0.717, 1.165) is 28.9 Å². The number of benzene rings is 4. The largest absolute Gasteiger partial charge is 0.494 e. The Hall–Kier alpha value is -5.00. The molecule has 1 atom stereocenters. The Kier molecular flexibility index (Phi) is 9.03. The summed E-state index contributed by atoms with van der Waals surface area (Å²) in [5.74, 6) is -3.45. The van der Waals surface area contributed by atoms with Crippen LogP contribution >= 0.6 is 11.7 Å². The number of methoxy groups -OCH3 is 2. The molecule has 0 radical (unpaired) electrons. The fourth-order valence-corrected chi connectivity index (χ4v) is 5.46. The van der Waals surface area contributed by atoms with Crippen molar-refractivity contribution in [1.82, 2.24) is 8.75 Å². The van der Waals surface area contributed by atoms with Crippen LogP contribution in [0.1, 0.15) is 38.2 Å². The molecule has 0 saturated heterocycles. The van der Waals surface area contributed by atoms with E-state index in [1.807, 2.05) is 19.9 Å². The lowest BCUT2D eigenvalue weighted by atomic mass is 9.87. The quantitative estimate of drug-likeness (QED) is 0.160. The third kappa shape index (κ3) is 6.31. The Bertz CT molecular complexity index is 1960. The van der Waals surface area contributed by atoms with Gasteiger partial charge in [0.25, 0.3) is 5.79 Å². The number of aromatic nitrogens is 2. The second-order valence-corrected chi connectivity index (χ2v) is 10.8. The Morgan fingerprint density at radius 2 is 1.56 bits per heavy atom. The highest BCUT2D eigenvalue weighted by atomic mass is 32.1. The maximum atomic E-state index is 14.5. The number of aryl methyl sites for hydroxylation is 2. The molecular formula is C34H28F2N2O6S. The summed E-state index contributed by atoms with van der Waals surface area (Å²) in [6, 6.07) is 19.3. The summed E-state index contributed by atoms with van der Waals surface area (Å²) >= 11 is 1.08. The van der Waals surface area contributed by atoms with Crippen molar-refractivity contribution in [2.75, 3.05) is 14.2 Å². The van der Waals surface area contributed by atoms with Crippen LogP contribution in [0.15, 0.2) is 78.4 Å². The van der Waals surface area contributed by atoms with E-state index in [4.69, 9.17) is 9.47 Å². The van der Waals surface area contributed by atoms with E-state index in [-0.39, 0.29) is 23.5 Å². The summed E-state index contributed by atoms with van der Waals surface area (Å²) in [5, 5.41) is 11.8. The third-order valence-electron chi connectivity index (χ3n) is 7.51. The molecule has 4 aromatic carbocycles. The number of carbonyl (C=O) groups is 2. The molecule has 1 aromatic heterocycles. The number of aldehydes is 1. The number of aliphatic hydroxyl groups is 1. The van der Waals surface area contributed by atoms with Crippen molar-refractivity contribution >= 4 is 40.6 Å². The predicted molar refractivity (Wildman–Crippen MR) is 165 cm³/mol. The summed E-state index contributed by atoms with van der Waals surface area (Å²) < 4.78 is 51.0. The van der Waals surface area contributed by atoms with Crippen molar-refractivity contribution in [3.8, 4) is 11.5 Å². The molecule has 230 valence electrons. The number of hydrogen-bond donors (Lipinski definition) is 1. The van der Waals surface area contributed by atoms with Crippen LogP contribution in [0.3, 0.4) is 0 Å². The first-order valence-electron chi connectivity index (χ1n) is 13.7. The van der Waals surface area contributed by atoms with Gasteiger partial charge in [-0.1, -0.05) is 24.3 Å². The van der Waals surface area contributed by atoms with Gasteiger partial charge in [-0.3, -0.25) is 4.79 Å². The first-order chi connectivity index (χ1) is 21.6. The standard InChI is InChI=1S/C26H21FN2O4S.C8H7FO2/c1-14-4-7-18(10-15(14)2)26(31)19(11-16-5-9-23(32-3)20(27)12-16)24(25(30)33-26)17-6-8-21-22(13-17)29-34-28-21;1-11-8-3-2-6(5-10)4-7(8)9/h4-10,12-13,31H,11H2,1-3H3;2-5H,1H3. The molecule has 11 heteroatoms. The van der Waals surface area contributed by atoms with Gasteiger partial charge in [0.2, 0.25) is 0 Å². The van der Waals surface area contributed by atoms with Gasteiger partial charge in [0.15, 0.2) is 23.1 Å². The number of hydrogen-bond acceptors (Lipinski definition) is 9. The van der Waals surface area contributed by atoms with Crippen LogP contribution in [0.5, 0.6) is 11.5 Å². The van der Waals surface area contributed by atoms with Crippen LogP contribution in [0.2, 0.25) is 0 Å². The highest BCUT2D eigenvalue weighted by molar-refractivity contribution is 7.00. The molecule has 1 aliphatic rings. The SMILES string of the molecule is COc1ccc(C=O)cc1F.COc1ccc(CC2=C(c3ccc4nsnc4c3)C(=O)OC2(O)c2ccc(C)c(C)c2)cc1F.